The first-order chi connectivity index (χ1) is 13.0. The van der Waals surface area contributed by atoms with Crippen molar-refractivity contribution in [3.8, 4) is 0 Å². The highest BCUT2D eigenvalue weighted by atomic mass is 16.5. The van der Waals surface area contributed by atoms with Gasteiger partial charge >= 0.3 is 0 Å². The van der Waals surface area contributed by atoms with Crippen LogP contribution in [0.4, 0.5) is 0 Å². The molecule has 7 nitrogen and oxygen atoms in total. The van der Waals surface area contributed by atoms with Crippen molar-refractivity contribution in [3.63, 3.8) is 0 Å². The van der Waals surface area contributed by atoms with E-state index in [-0.39, 0.29) is 12.0 Å². The molecule has 0 spiro atoms. The molecule has 0 aromatic rings. The maximum absolute atomic E-state index is 12.6. The highest BCUT2D eigenvalue weighted by Crippen LogP contribution is 2.27. The average Bonchev–Trinajstić information content (AvgIpc) is 3.31. The predicted octanol–water partition coefficient (Wildman–Crippen LogP) is 1.37. The zero-order chi connectivity index (χ0) is 19.6. The molecule has 1 saturated heterocycles. The molecule has 1 heterocycles. The predicted molar refractivity (Wildman–Crippen MR) is 108 cm³/mol. The van der Waals surface area contributed by atoms with Gasteiger partial charge in [0.15, 0.2) is 5.96 Å². The Morgan fingerprint density at radius 3 is 2.67 bits per heavy atom. The monoisotopic (exact) mass is 382 g/mol. The van der Waals surface area contributed by atoms with Crippen molar-refractivity contribution >= 4 is 11.9 Å². The third-order valence-electron chi connectivity index (χ3n) is 5.11. The number of rotatable bonds is 9. The Kier molecular flexibility index (Phi) is 9.34. The Labute approximate surface area is 163 Å². The minimum Gasteiger partial charge on any atom is -0.389 e. The number of amides is 1. The molecule has 1 saturated carbocycles. The van der Waals surface area contributed by atoms with Gasteiger partial charge in [-0.3, -0.25) is 9.79 Å². The highest BCUT2D eigenvalue weighted by Gasteiger charge is 2.32. The number of aliphatic imine (C=N–C) groups is 1. The maximum atomic E-state index is 12.6. The lowest BCUT2D eigenvalue weighted by atomic mass is 10.1. The number of aliphatic hydroxyl groups is 1. The third kappa shape index (κ3) is 7.66. The third-order valence-corrected chi connectivity index (χ3v) is 5.11. The fourth-order valence-corrected chi connectivity index (χ4v) is 3.71. The maximum Gasteiger partial charge on any atom is 0.225 e. The molecule has 2 atom stereocenters. The van der Waals surface area contributed by atoms with E-state index >= 15 is 0 Å². The number of guanidine groups is 1. The van der Waals surface area contributed by atoms with E-state index in [1.165, 1.54) is 12.8 Å². The summed E-state index contributed by atoms with van der Waals surface area (Å²) in [5.41, 5.74) is 0. The summed E-state index contributed by atoms with van der Waals surface area (Å²) in [4.78, 5) is 19.1. The van der Waals surface area contributed by atoms with Crippen molar-refractivity contribution in [2.24, 2.45) is 16.8 Å². The van der Waals surface area contributed by atoms with Crippen molar-refractivity contribution in [1.82, 2.24) is 15.5 Å². The number of carbonyl (C=O) groups excluding carboxylic acids is 1. The molecule has 0 bridgehead atoms. The van der Waals surface area contributed by atoms with Crippen LogP contribution in [0.5, 0.6) is 0 Å². The van der Waals surface area contributed by atoms with Gasteiger partial charge in [-0.25, -0.2) is 0 Å². The number of hydrogen-bond acceptors (Lipinski definition) is 4. The van der Waals surface area contributed by atoms with Crippen LogP contribution in [0.3, 0.4) is 0 Å². The average molecular weight is 383 g/mol. The molecule has 2 rings (SSSR count). The van der Waals surface area contributed by atoms with Crippen LogP contribution in [0.15, 0.2) is 4.99 Å². The first kappa shape index (κ1) is 22.0. The second kappa shape index (κ2) is 11.5. The molecule has 0 radical (unpaired) electrons. The van der Waals surface area contributed by atoms with Crippen LogP contribution in [0.1, 0.15) is 52.9 Å². The lowest BCUT2D eigenvalue weighted by Gasteiger charge is -2.21. The molecule has 1 amide bonds. The van der Waals surface area contributed by atoms with Gasteiger partial charge in [-0.15, -0.1) is 0 Å². The molecule has 7 heteroatoms. The summed E-state index contributed by atoms with van der Waals surface area (Å²) in [6.07, 6.45) is 4.80. The van der Waals surface area contributed by atoms with Crippen LogP contribution in [-0.4, -0.2) is 73.4 Å². The number of nitrogens with one attached hydrogen (secondary N) is 2. The molecule has 1 aliphatic carbocycles. The van der Waals surface area contributed by atoms with E-state index in [1.807, 2.05) is 11.8 Å². The van der Waals surface area contributed by atoms with E-state index in [0.29, 0.717) is 37.5 Å². The molecule has 3 N–H and O–H groups in total. The summed E-state index contributed by atoms with van der Waals surface area (Å²) in [7, 11) is 0. The van der Waals surface area contributed by atoms with Crippen LogP contribution >= 0.6 is 0 Å². The Balaban J connectivity index is 1.76. The molecule has 2 unspecified atom stereocenters. The summed E-state index contributed by atoms with van der Waals surface area (Å²) < 4.78 is 5.47. The smallest absolute Gasteiger partial charge is 0.225 e. The minimum atomic E-state index is -0.608. The normalized spacial score (nSPS) is 22.5. The van der Waals surface area contributed by atoms with Crippen LogP contribution in [-0.2, 0) is 9.53 Å². The number of hydrogen-bond donors (Lipinski definition) is 3. The molecule has 2 aliphatic rings. The summed E-state index contributed by atoms with van der Waals surface area (Å²) in [6.45, 7) is 9.73. The van der Waals surface area contributed by atoms with Gasteiger partial charge in [0.2, 0.25) is 5.91 Å². The van der Waals surface area contributed by atoms with Gasteiger partial charge in [-0.05, 0) is 32.1 Å². The Morgan fingerprint density at radius 2 is 2.00 bits per heavy atom. The number of nitrogens with zero attached hydrogens (tertiary/aromatic N) is 2. The first-order valence-electron chi connectivity index (χ1n) is 10.6. The van der Waals surface area contributed by atoms with Crippen LogP contribution in [0.2, 0.25) is 0 Å². The van der Waals surface area contributed by atoms with Crippen molar-refractivity contribution in [2.75, 3.05) is 39.4 Å². The van der Waals surface area contributed by atoms with E-state index in [0.717, 1.165) is 38.9 Å². The van der Waals surface area contributed by atoms with Gasteiger partial charge in [0.1, 0.15) is 0 Å². The minimum absolute atomic E-state index is 0.211. The molecular formula is C20H38N4O3. The van der Waals surface area contributed by atoms with Gasteiger partial charge in [0, 0.05) is 38.2 Å². The SMILES string of the molecule is CCNC(=NCC(O)COCC(C)C)NC1CCN(C(=O)C2CCCC2)C1. The standard InChI is InChI=1S/C20H38N4O3/c1-4-21-20(22-11-18(25)14-27-13-15(2)3)23-17-9-10-24(12-17)19(26)16-7-5-6-8-16/h15-18,25H,4-14H2,1-3H3,(H2,21,22,23). The molecular weight excluding hydrogens is 344 g/mol. The van der Waals surface area contributed by atoms with E-state index in [2.05, 4.69) is 29.5 Å². The summed E-state index contributed by atoms with van der Waals surface area (Å²) in [6, 6.07) is 0.211. The second-order valence-electron chi connectivity index (χ2n) is 8.20. The fourth-order valence-electron chi connectivity index (χ4n) is 3.71. The Bertz CT molecular complexity index is 478. The van der Waals surface area contributed by atoms with Crippen LogP contribution in [0.25, 0.3) is 0 Å². The largest absolute Gasteiger partial charge is 0.389 e. The zero-order valence-electron chi connectivity index (χ0n) is 17.2. The molecule has 0 aromatic heterocycles. The van der Waals surface area contributed by atoms with Gasteiger partial charge < -0.3 is 25.4 Å². The number of carbonyl (C=O) groups is 1. The molecule has 2 fully saturated rings. The molecule has 1 aliphatic heterocycles. The van der Waals surface area contributed by atoms with Gasteiger partial charge in [0.25, 0.3) is 0 Å². The van der Waals surface area contributed by atoms with Crippen LogP contribution < -0.4 is 10.6 Å². The van der Waals surface area contributed by atoms with Crippen molar-refractivity contribution < 1.29 is 14.6 Å². The summed E-state index contributed by atoms with van der Waals surface area (Å²) in [5, 5.41) is 16.7. The second-order valence-corrected chi connectivity index (χ2v) is 8.20. The summed E-state index contributed by atoms with van der Waals surface area (Å²) in [5.74, 6) is 1.72. The van der Waals surface area contributed by atoms with Gasteiger partial charge in [-0.2, -0.15) is 0 Å². The lowest BCUT2D eigenvalue weighted by molar-refractivity contribution is -0.134. The van der Waals surface area contributed by atoms with Gasteiger partial charge in [0.05, 0.1) is 19.3 Å². The summed E-state index contributed by atoms with van der Waals surface area (Å²) >= 11 is 0. The fraction of sp³-hybridized carbons (Fsp3) is 0.900. The van der Waals surface area contributed by atoms with E-state index in [1.54, 1.807) is 0 Å². The molecule has 156 valence electrons. The van der Waals surface area contributed by atoms with E-state index in [9.17, 15) is 9.90 Å². The first-order valence-corrected chi connectivity index (χ1v) is 10.6. The van der Waals surface area contributed by atoms with Crippen LogP contribution in [0, 0.1) is 11.8 Å². The topological polar surface area (TPSA) is 86.2 Å². The lowest BCUT2D eigenvalue weighted by Crippen LogP contribution is -2.45. The van der Waals surface area contributed by atoms with Gasteiger partial charge in [-0.1, -0.05) is 26.7 Å². The number of likely N-dealkylation sites (tertiary alicyclic amines) is 1. The molecule has 0 aromatic carbocycles. The molecule has 27 heavy (non-hydrogen) atoms. The van der Waals surface area contributed by atoms with Crippen molar-refractivity contribution in [2.45, 2.75) is 65.0 Å². The quantitative estimate of drug-likeness (QED) is 0.414. The Morgan fingerprint density at radius 1 is 1.26 bits per heavy atom. The van der Waals surface area contributed by atoms with E-state index in [4.69, 9.17) is 4.74 Å². The highest BCUT2D eigenvalue weighted by molar-refractivity contribution is 5.81. The van der Waals surface area contributed by atoms with Crippen molar-refractivity contribution in [1.29, 1.82) is 0 Å². The zero-order valence-corrected chi connectivity index (χ0v) is 17.2. The van der Waals surface area contributed by atoms with E-state index < -0.39 is 6.10 Å². The number of ether oxygens (including phenoxy) is 1. The van der Waals surface area contributed by atoms with Crippen molar-refractivity contribution in [3.05, 3.63) is 0 Å². The Hall–Kier alpha value is -1.34. The number of aliphatic hydroxyl groups excluding tert-OH is 1.